The lowest BCUT2D eigenvalue weighted by Crippen LogP contribution is -2.22. The number of halogens is 4. The topological polar surface area (TPSA) is 93.2 Å². The number of amides is 2. The van der Waals surface area contributed by atoms with Gasteiger partial charge in [-0.1, -0.05) is 34.7 Å². The summed E-state index contributed by atoms with van der Waals surface area (Å²) in [6.45, 7) is 3.41. The smallest absolute Gasteiger partial charge is 0.417 e. The van der Waals surface area contributed by atoms with Crippen molar-refractivity contribution >= 4 is 57.5 Å². The van der Waals surface area contributed by atoms with Gasteiger partial charge < -0.3 is 10.1 Å². The molecule has 0 spiro atoms. The molecule has 0 aliphatic rings. The van der Waals surface area contributed by atoms with Crippen LogP contribution in [0.3, 0.4) is 0 Å². The highest BCUT2D eigenvalue weighted by Gasteiger charge is 2.33. The van der Waals surface area contributed by atoms with Crippen LogP contribution >= 0.6 is 34.7 Å². The SMILES string of the molecule is CCOC(=O)Nc1nnc(SC(C)C(=O)Nc2ccc(Cl)c(C(F)(F)F)c2)s1. The summed E-state index contributed by atoms with van der Waals surface area (Å²) in [6, 6.07) is 3.11. The fourth-order valence-corrected chi connectivity index (χ4v) is 3.94. The first-order valence-electron chi connectivity index (χ1n) is 7.71. The molecule has 0 saturated heterocycles. The molecular weight excluding hydrogens is 441 g/mol. The molecule has 0 aliphatic carbocycles. The van der Waals surface area contributed by atoms with Gasteiger partial charge in [0, 0.05) is 5.69 Å². The van der Waals surface area contributed by atoms with E-state index in [0.717, 1.165) is 35.2 Å². The molecule has 7 nitrogen and oxygen atoms in total. The summed E-state index contributed by atoms with van der Waals surface area (Å²) in [6.07, 6.45) is -5.31. The predicted octanol–water partition coefficient (Wildman–Crippen LogP) is 4.90. The number of ether oxygens (including phenoxy) is 1. The van der Waals surface area contributed by atoms with Gasteiger partial charge in [-0.2, -0.15) is 13.2 Å². The highest BCUT2D eigenvalue weighted by molar-refractivity contribution is 8.02. The molecule has 2 amide bonds. The summed E-state index contributed by atoms with van der Waals surface area (Å²) in [7, 11) is 0. The van der Waals surface area contributed by atoms with E-state index >= 15 is 0 Å². The molecule has 0 aliphatic heterocycles. The number of rotatable bonds is 6. The maximum Gasteiger partial charge on any atom is 0.417 e. The number of nitrogens with zero attached hydrogens (tertiary/aromatic N) is 2. The molecule has 2 aromatic rings. The van der Waals surface area contributed by atoms with Crippen LogP contribution in [0.15, 0.2) is 22.5 Å². The summed E-state index contributed by atoms with van der Waals surface area (Å²) in [5.41, 5.74) is -1.07. The van der Waals surface area contributed by atoms with Crippen molar-refractivity contribution in [3.8, 4) is 0 Å². The van der Waals surface area contributed by atoms with Crippen LogP contribution in [-0.2, 0) is 15.7 Å². The molecule has 0 saturated carbocycles. The highest BCUT2D eigenvalue weighted by atomic mass is 35.5. The Kier molecular flexibility index (Phi) is 7.49. The van der Waals surface area contributed by atoms with E-state index in [4.69, 9.17) is 16.3 Å². The van der Waals surface area contributed by atoms with E-state index in [1.165, 1.54) is 6.07 Å². The Balaban J connectivity index is 1.98. The molecule has 0 bridgehead atoms. The van der Waals surface area contributed by atoms with Crippen LogP contribution in [0.2, 0.25) is 5.02 Å². The number of carbonyl (C=O) groups excluding carboxylic acids is 2. The number of nitrogens with one attached hydrogen (secondary N) is 2. The molecule has 1 unspecified atom stereocenters. The fraction of sp³-hybridized carbons (Fsp3) is 0.333. The van der Waals surface area contributed by atoms with E-state index in [-0.39, 0.29) is 17.4 Å². The molecular formula is C15H14ClF3N4O3S2. The standard InChI is InChI=1S/C15H14ClF3N4O3S2/c1-3-26-13(25)21-12-22-23-14(28-12)27-7(2)11(24)20-8-4-5-10(16)9(6-8)15(17,18)19/h4-7H,3H2,1-2H3,(H,20,24)(H,21,22,25). The Bertz CT molecular complexity index is 863. The van der Waals surface area contributed by atoms with Crippen molar-refractivity contribution in [2.24, 2.45) is 0 Å². The largest absolute Gasteiger partial charge is 0.450 e. The average molecular weight is 455 g/mol. The molecule has 2 N–H and O–H groups in total. The number of aromatic nitrogens is 2. The van der Waals surface area contributed by atoms with Crippen LogP contribution in [0.5, 0.6) is 0 Å². The number of thioether (sulfide) groups is 1. The number of hydrogen-bond acceptors (Lipinski definition) is 7. The zero-order chi connectivity index (χ0) is 20.9. The molecule has 1 aromatic carbocycles. The molecule has 152 valence electrons. The molecule has 1 atom stereocenters. The second-order valence-electron chi connectivity index (χ2n) is 5.16. The van der Waals surface area contributed by atoms with Gasteiger partial charge in [0.1, 0.15) is 0 Å². The lowest BCUT2D eigenvalue weighted by molar-refractivity contribution is -0.137. The number of hydrogen-bond donors (Lipinski definition) is 2. The van der Waals surface area contributed by atoms with Crippen molar-refractivity contribution in [3.63, 3.8) is 0 Å². The lowest BCUT2D eigenvalue weighted by Gasteiger charge is -2.13. The van der Waals surface area contributed by atoms with Crippen LogP contribution in [-0.4, -0.2) is 34.1 Å². The van der Waals surface area contributed by atoms with Gasteiger partial charge in [0.25, 0.3) is 0 Å². The second kappa shape index (κ2) is 9.43. The normalized spacial score (nSPS) is 12.4. The highest BCUT2D eigenvalue weighted by Crippen LogP contribution is 2.36. The van der Waals surface area contributed by atoms with E-state index in [2.05, 4.69) is 20.8 Å². The van der Waals surface area contributed by atoms with Gasteiger partial charge in [0.05, 0.1) is 22.4 Å². The monoisotopic (exact) mass is 454 g/mol. The zero-order valence-corrected chi connectivity index (χ0v) is 16.9. The number of anilines is 2. The predicted molar refractivity (Wildman–Crippen MR) is 101 cm³/mol. The van der Waals surface area contributed by atoms with Gasteiger partial charge in [-0.25, -0.2) is 4.79 Å². The third kappa shape index (κ3) is 6.24. The maximum absolute atomic E-state index is 12.9. The Labute approximate surface area is 171 Å². The van der Waals surface area contributed by atoms with Crippen LogP contribution in [0.25, 0.3) is 0 Å². The molecule has 1 heterocycles. The zero-order valence-electron chi connectivity index (χ0n) is 14.5. The van der Waals surface area contributed by atoms with Crippen molar-refractivity contribution < 1.29 is 27.5 Å². The van der Waals surface area contributed by atoms with Gasteiger partial charge >= 0.3 is 12.3 Å². The minimum atomic E-state index is -4.63. The Morgan fingerprint density at radius 1 is 1.32 bits per heavy atom. The maximum atomic E-state index is 12.9. The van der Waals surface area contributed by atoms with E-state index < -0.39 is 34.0 Å². The lowest BCUT2D eigenvalue weighted by atomic mass is 10.2. The number of carbonyl (C=O) groups is 2. The van der Waals surface area contributed by atoms with Crippen molar-refractivity contribution in [1.29, 1.82) is 0 Å². The Hall–Kier alpha value is -2.05. The van der Waals surface area contributed by atoms with E-state index in [0.29, 0.717) is 4.34 Å². The van der Waals surface area contributed by atoms with Gasteiger partial charge in [-0.05, 0) is 32.0 Å². The second-order valence-corrected chi connectivity index (χ2v) is 8.13. The van der Waals surface area contributed by atoms with Crippen molar-refractivity contribution in [2.75, 3.05) is 17.2 Å². The van der Waals surface area contributed by atoms with Gasteiger partial charge in [0.2, 0.25) is 11.0 Å². The summed E-state index contributed by atoms with van der Waals surface area (Å²) in [4.78, 5) is 23.6. The van der Waals surface area contributed by atoms with E-state index in [1.807, 2.05) is 0 Å². The minimum Gasteiger partial charge on any atom is -0.450 e. The Morgan fingerprint density at radius 2 is 2.04 bits per heavy atom. The van der Waals surface area contributed by atoms with E-state index in [1.54, 1.807) is 13.8 Å². The summed E-state index contributed by atoms with van der Waals surface area (Å²) in [5, 5.41) is 11.4. The van der Waals surface area contributed by atoms with Crippen LogP contribution < -0.4 is 10.6 Å². The summed E-state index contributed by atoms with van der Waals surface area (Å²) >= 11 is 7.62. The molecule has 2 rings (SSSR count). The number of alkyl halides is 3. The molecule has 28 heavy (non-hydrogen) atoms. The first-order chi connectivity index (χ1) is 13.1. The van der Waals surface area contributed by atoms with Crippen LogP contribution in [0, 0.1) is 0 Å². The molecule has 1 aromatic heterocycles. The third-order valence-electron chi connectivity index (χ3n) is 3.08. The minimum absolute atomic E-state index is 0.0314. The van der Waals surface area contributed by atoms with Crippen molar-refractivity contribution in [1.82, 2.24) is 10.2 Å². The summed E-state index contributed by atoms with van der Waals surface area (Å²) < 4.78 is 43.8. The van der Waals surface area contributed by atoms with Gasteiger partial charge in [-0.15, -0.1) is 10.2 Å². The number of benzene rings is 1. The van der Waals surface area contributed by atoms with Gasteiger partial charge in [0.15, 0.2) is 4.34 Å². The molecule has 0 fully saturated rings. The fourth-order valence-electron chi connectivity index (χ4n) is 1.83. The first-order valence-corrected chi connectivity index (χ1v) is 9.79. The molecule has 13 heteroatoms. The van der Waals surface area contributed by atoms with Crippen LogP contribution in [0.1, 0.15) is 19.4 Å². The van der Waals surface area contributed by atoms with E-state index in [9.17, 15) is 22.8 Å². The van der Waals surface area contributed by atoms with Crippen molar-refractivity contribution in [3.05, 3.63) is 28.8 Å². The quantitative estimate of drug-likeness (QED) is 0.476. The van der Waals surface area contributed by atoms with Crippen molar-refractivity contribution in [2.45, 2.75) is 29.6 Å². The third-order valence-corrected chi connectivity index (χ3v) is 5.43. The van der Waals surface area contributed by atoms with Gasteiger partial charge in [-0.3, -0.25) is 10.1 Å². The molecule has 0 radical (unpaired) electrons. The Morgan fingerprint density at radius 3 is 2.68 bits per heavy atom. The summed E-state index contributed by atoms with van der Waals surface area (Å²) in [5.74, 6) is -0.532. The van der Waals surface area contributed by atoms with Crippen LogP contribution in [0.4, 0.5) is 28.8 Å². The average Bonchev–Trinajstić information content (AvgIpc) is 3.02. The first kappa shape index (κ1) is 22.2.